The minimum absolute atomic E-state index is 0.139. The van der Waals surface area contributed by atoms with Crippen LogP contribution in [-0.2, 0) is 6.54 Å². The summed E-state index contributed by atoms with van der Waals surface area (Å²) < 4.78 is 0. The maximum Gasteiger partial charge on any atom is 0.321 e. The standard InChI is InChI=1S/C19H21Cl2N3O/c1-14-5-2-3-6-15(14)13-23-9-11-24(12-10-23)19(25)22-17-8-4-7-16(20)18(17)21/h2-8H,9-13H2,1H3,(H,22,25). The van der Waals surface area contributed by atoms with Crippen molar-refractivity contribution in [2.24, 2.45) is 0 Å². The molecule has 1 aliphatic heterocycles. The zero-order valence-electron chi connectivity index (χ0n) is 14.1. The fourth-order valence-electron chi connectivity index (χ4n) is 2.93. The molecule has 0 radical (unpaired) electrons. The fraction of sp³-hybridized carbons (Fsp3) is 0.316. The predicted molar refractivity (Wildman–Crippen MR) is 104 cm³/mol. The molecule has 25 heavy (non-hydrogen) atoms. The number of anilines is 1. The van der Waals surface area contributed by atoms with Crippen LogP contribution in [0.4, 0.5) is 10.5 Å². The molecule has 1 N–H and O–H groups in total. The molecule has 2 aromatic carbocycles. The highest BCUT2D eigenvalue weighted by Gasteiger charge is 2.22. The molecule has 1 saturated heterocycles. The molecule has 0 unspecified atom stereocenters. The van der Waals surface area contributed by atoms with Gasteiger partial charge >= 0.3 is 6.03 Å². The van der Waals surface area contributed by atoms with Crippen molar-refractivity contribution in [3.05, 3.63) is 63.6 Å². The van der Waals surface area contributed by atoms with Gasteiger partial charge in [0.1, 0.15) is 0 Å². The molecule has 132 valence electrons. The van der Waals surface area contributed by atoms with Crippen molar-refractivity contribution in [3.8, 4) is 0 Å². The lowest BCUT2D eigenvalue weighted by atomic mass is 10.1. The maximum absolute atomic E-state index is 12.4. The second-order valence-electron chi connectivity index (χ2n) is 6.22. The minimum atomic E-state index is -0.139. The number of carbonyl (C=O) groups is 1. The maximum atomic E-state index is 12.4. The van der Waals surface area contributed by atoms with Gasteiger partial charge in [-0.05, 0) is 30.2 Å². The van der Waals surface area contributed by atoms with Crippen molar-refractivity contribution in [2.45, 2.75) is 13.5 Å². The third kappa shape index (κ3) is 4.46. The monoisotopic (exact) mass is 377 g/mol. The van der Waals surface area contributed by atoms with Gasteiger partial charge in [0.2, 0.25) is 0 Å². The Morgan fingerprint density at radius 3 is 2.48 bits per heavy atom. The number of nitrogens with one attached hydrogen (secondary N) is 1. The van der Waals surface area contributed by atoms with Gasteiger partial charge in [0.25, 0.3) is 0 Å². The largest absolute Gasteiger partial charge is 0.322 e. The third-order valence-corrected chi connectivity index (χ3v) is 5.33. The van der Waals surface area contributed by atoms with E-state index in [0.29, 0.717) is 28.8 Å². The molecule has 3 rings (SSSR count). The molecule has 2 aromatic rings. The third-order valence-electron chi connectivity index (χ3n) is 4.51. The van der Waals surface area contributed by atoms with E-state index in [9.17, 15) is 4.79 Å². The van der Waals surface area contributed by atoms with E-state index in [1.165, 1.54) is 11.1 Å². The first-order chi connectivity index (χ1) is 12.0. The number of hydrogen-bond acceptors (Lipinski definition) is 2. The van der Waals surface area contributed by atoms with Crippen LogP contribution < -0.4 is 5.32 Å². The Hall–Kier alpha value is -1.75. The first-order valence-corrected chi connectivity index (χ1v) is 9.07. The van der Waals surface area contributed by atoms with Crippen LogP contribution in [0.15, 0.2) is 42.5 Å². The van der Waals surface area contributed by atoms with Gasteiger partial charge in [-0.15, -0.1) is 0 Å². The molecule has 4 nitrogen and oxygen atoms in total. The highest BCUT2D eigenvalue weighted by Crippen LogP contribution is 2.29. The lowest BCUT2D eigenvalue weighted by Gasteiger charge is -2.35. The van der Waals surface area contributed by atoms with E-state index in [-0.39, 0.29) is 6.03 Å². The van der Waals surface area contributed by atoms with Crippen molar-refractivity contribution in [2.75, 3.05) is 31.5 Å². The van der Waals surface area contributed by atoms with Crippen molar-refractivity contribution >= 4 is 34.9 Å². The minimum Gasteiger partial charge on any atom is -0.322 e. The highest BCUT2D eigenvalue weighted by atomic mass is 35.5. The Kier molecular flexibility index (Phi) is 5.84. The van der Waals surface area contributed by atoms with Crippen molar-refractivity contribution in [1.29, 1.82) is 0 Å². The SMILES string of the molecule is Cc1ccccc1CN1CCN(C(=O)Nc2cccc(Cl)c2Cl)CC1. The molecule has 0 atom stereocenters. The number of hydrogen-bond donors (Lipinski definition) is 1. The number of nitrogens with zero attached hydrogens (tertiary/aromatic N) is 2. The number of benzene rings is 2. The van der Waals surface area contributed by atoms with Gasteiger partial charge < -0.3 is 10.2 Å². The lowest BCUT2D eigenvalue weighted by Crippen LogP contribution is -2.49. The summed E-state index contributed by atoms with van der Waals surface area (Å²) in [4.78, 5) is 16.6. The topological polar surface area (TPSA) is 35.6 Å². The van der Waals surface area contributed by atoms with E-state index in [2.05, 4.69) is 41.4 Å². The van der Waals surface area contributed by atoms with Crippen molar-refractivity contribution in [3.63, 3.8) is 0 Å². The second-order valence-corrected chi connectivity index (χ2v) is 7.01. The van der Waals surface area contributed by atoms with Crippen molar-refractivity contribution in [1.82, 2.24) is 9.80 Å². The molecular weight excluding hydrogens is 357 g/mol. The van der Waals surface area contributed by atoms with Crippen molar-refractivity contribution < 1.29 is 4.79 Å². The average Bonchev–Trinajstić information content (AvgIpc) is 2.61. The number of carbonyl (C=O) groups excluding carboxylic acids is 1. The van der Waals surface area contributed by atoms with Crippen LogP contribution in [0.5, 0.6) is 0 Å². The van der Waals surface area contributed by atoms with E-state index in [4.69, 9.17) is 23.2 Å². The molecule has 0 aliphatic carbocycles. The normalized spacial score (nSPS) is 15.2. The van der Waals surface area contributed by atoms with E-state index in [1.807, 2.05) is 4.90 Å². The predicted octanol–water partition coefficient (Wildman–Crippen LogP) is 4.65. The molecule has 1 heterocycles. The summed E-state index contributed by atoms with van der Waals surface area (Å²) in [5, 5.41) is 3.65. The van der Waals surface area contributed by atoms with Crippen LogP contribution in [0, 0.1) is 6.92 Å². The zero-order valence-corrected chi connectivity index (χ0v) is 15.6. The fourth-order valence-corrected chi connectivity index (χ4v) is 3.28. The van der Waals surface area contributed by atoms with Crippen LogP contribution in [0.25, 0.3) is 0 Å². The second kappa shape index (κ2) is 8.09. The average molecular weight is 378 g/mol. The Morgan fingerprint density at radius 1 is 1.04 bits per heavy atom. The number of rotatable bonds is 3. The number of piperazine rings is 1. The molecule has 0 saturated carbocycles. The molecule has 1 aliphatic rings. The van der Waals surface area contributed by atoms with E-state index in [1.54, 1.807) is 18.2 Å². The summed E-state index contributed by atoms with van der Waals surface area (Å²) in [5.41, 5.74) is 3.19. The van der Waals surface area contributed by atoms with Crippen LogP contribution in [-0.4, -0.2) is 42.0 Å². The highest BCUT2D eigenvalue weighted by molar-refractivity contribution is 6.43. The van der Waals surface area contributed by atoms with Gasteiger partial charge in [-0.3, -0.25) is 4.90 Å². The molecule has 1 fully saturated rings. The molecule has 0 bridgehead atoms. The van der Waals surface area contributed by atoms with Gasteiger partial charge in [0.05, 0.1) is 15.7 Å². The summed E-state index contributed by atoms with van der Waals surface area (Å²) in [6, 6.07) is 13.5. The van der Waals surface area contributed by atoms with Gasteiger partial charge in [-0.1, -0.05) is 53.5 Å². The molecule has 0 aromatic heterocycles. The summed E-state index contributed by atoms with van der Waals surface area (Å²) in [6.45, 7) is 6.14. The number of amides is 2. The first kappa shape index (κ1) is 18.1. The summed E-state index contributed by atoms with van der Waals surface area (Å²) in [7, 11) is 0. The lowest BCUT2D eigenvalue weighted by molar-refractivity contribution is 0.143. The quantitative estimate of drug-likeness (QED) is 0.844. The van der Waals surface area contributed by atoms with E-state index < -0.39 is 0 Å². The summed E-state index contributed by atoms with van der Waals surface area (Å²) >= 11 is 12.1. The number of halogens is 2. The van der Waals surface area contributed by atoms with E-state index in [0.717, 1.165) is 19.6 Å². The molecule has 6 heteroatoms. The number of urea groups is 1. The van der Waals surface area contributed by atoms with Crippen LogP contribution in [0.3, 0.4) is 0 Å². The summed E-state index contributed by atoms with van der Waals surface area (Å²) in [5.74, 6) is 0. The Bertz CT molecular complexity index is 758. The molecule has 0 spiro atoms. The molecule has 2 amide bonds. The van der Waals surface area contributed by atoms with Crippen LogP contribution in [0.1, 0.15) is 11.1 Å². The van der Waals surface area contributed by atoms with Gasteiger partial charge in [0.15, 0.2) is 0 Å². The van der Waals surface area contributed by atoms with Gasteiger partial charge in [-0.2, -0.15) is 0 Å². The van der Waals surface area contributed by atoms with E-state index >= 15 is 0 Å². The van der Waals surface area contributed by atoms with Gasteiger partial charge in [0, 0.05) is 32.7 Å². The molecular formula is C19H21Cl2N3O. The smallest absolute Gasteiger partial charge is 0.321 e. The Morgan fingerprint density at radius 2 is 1.76 bits per heavy atom. The number of aryl methyl sites for hydroxylation is 1. The zero-order chi connectivity index (χ0) is 17.8. The first-order valence-electron chi connectivity index (χ1n) is 8.31. The Labute approximate surface area is 158 Å². The van der Waals surface area contributed by atoms with Crippen LogP contribution in [0.2, 0.25) is 10.0 Å². The summed E-state index contributed by atoms with van der Waals surface area (Å²) in [6.07, 6.45) is 0. The Balaban J connectivity index is 1.54. The van der Waals surface area contributed by atoms with Gasteiger partial charge in [-0.25, -0.2) is 4.79 Å². The van der Waals surface area contributed by atoms with Crippen LogP contribution >= 0.6 is 23.2 Å².